The van der Waals surface area contributed by atoms with Crippen LogP contribution in [0.15, 0.2) is 46.9 Å². The molecule has 0 unspecified atom stereocenters. The summed E-state index contributed by atoms with van der Waals surface area (Å²) in [7, 11) is 0. The zero-order chi connectivity index (χ0) is 24.3. The molecule has 2 aromatic rings. The second-order valence-electron chi connectivity index (χ2n) is 9.28. The molecule has 0 spiro atoms. The number of hydrogen-bond donors (Lipinski definition) is 1. The maximum absolute atomic E-state index is 13.7. The molecule has 3 amide bonds. The van der Waals surface area contributed by atoms with E-state index in [1.165, 1.54) is 4.90 Å². The second-order valence-corrected chi connectivity index (χ2v) is 12.6. The van der Waals surface area contributed by atoms with E-state index in [4.69, 9.17) is 11.6 Å². The minimum absolute atomic E-state index is 0.0915. The first-order valence-corrected chi connectivity index (χ1v) is 14.2. The largest absolute Gasteiger partial charge is 0.324 e. The Kier molecular flexibility index (Phi) is 6.72. The molecular formula is C25H22Br3ClN2O3. The molecule has 0 radical (unpaired) electrons. The summed E-state index contributed by atoms with van der Waals surface area (Å²) in [5.74, 6) is -1.41. The Morgan fingerprint density at radius 1 is 1.06 bits per heavy atom. The van der Waals surface area contributed by atoms with Crippen molar-refractivity contribution in [3.05, 3.63) is 63.1 Å². The highest BCUT2D eigenvalue weighted by molar-refractivity contribution is 9.12. The molecule has 0 aromatic heterocycles. The van der Waals surface area contributed by atoms with E-state index in [0.29, 0.717) is 16.3 Å². The minimum atomic E-state index is -0.947. The molecule has 2 bridgehead atoms. The van der Waals surface area contributed by atoms with E-state index in [2.05, 4.69) is 53.1 Å². The van der Waals surface area contributed by atoms with Gasteiger partial charge >= 0.3 is 0 Å². The van der Waals surface area contributed by atoms with Gasteiger partial charge in [-0.05, 0) is 64.4 Å². The highest BCUT2D eigenvalue weighted by Crippen LogP contribution is 2.60. The van der Waals surface area contributed by atoms with Crippen molar-refractivity contribution in [2.75, 3.05) is 5.32 Å². The van der Waals surface area contributed by atoms with Crippen LogP contribution in [0.2, 0.25) is 5.02 Å². The number of rotatable bonds is 5. The first-order chi connectivity index (χ1) is 16.2. The smallest absolute Gasteiger partial charge is 0.248 e. The number of likely N-dealkylation sites (tertiary alicyclic amines) is 1. The predicted octanol–water partition coefficient (Wildman–Crippen LogP) is 5.74. The van der Waals surface area contributed by atoms with E-state index >= 15 is 0 Å². The Balaban J connectivity index is 1.48. The molecule has 2 aromatic carbocycles. The molecule has 5 nitrogen and oxygen atoms in total. The number of carbonyl (C=O) groups is 3. The fourth-order valence-electron chi connectivity index (χ4n) is 5.82. The van der Waals surface area contributed by atoms with Crippen LogP contribution < -0.4 is 5.32 Å². The van der Waals surface area contributed by atoms with Crippen LogP contribution in [-0.2, 0) is 20.8 Å². The van der Waals surface area contributed by atoms with Crippen LogP contribution in [0.5, 0.6) is 0 Å². The number of alkyl halides is 2. The van der Waals surface area contributed by atoms with Gasteiger partial charge in [-0.3, -0.25) is 19.3 Å². The van der Waals surface area contributed by atoms with Gasteiger partial charge in [-0.25, -0.2) is 0 Å². The lowest BCUT2D eigenvalue weighted by molar-refractivity contribution is -0.147. The monoisotopic (exact) mass is 670 g/mol. The topological polar surface area (TPSA) is 66.5 Å². The van der Waals surface area contributed by atoms with Crippen molar-refractivity contribution in [3.8, 4) is 0 Å². The maximum atomic E-state index is 13.7. The molecule has 2 saturated carbocycles. The normalized spacial score (nSPS) is 30.6. The molecule has 9 heteroatoms. The Bertz CT molecular complexity index is 1150. The van der Waals surface area contributed by atoms with E-state index in [9.17, 15) is 14.4 Å². The molecule has 1 saturated heterocycles. The molecule has 3 aliphatic rings. The lowest BCUT2D eigenvalue weighted by atomic mass is 9.81. The summed E-state index contributed by atoms with van der Waals surface area (Å²) in [6.45, 7) is 1.81. The number of nitrogens with zero attached hydrogens (tertiary/aromatic N) is 1. The van der Waals surface area contributed by atoms with Crippen LogP contribution in [-0.4, -0.2) is 38.3 Å². The van der Waals surface area contributed by atoms with Crippen LogP contribution in [0.3, 0.4) is 0 Å². The third kappa shape index (κ3) is 3.89. The van der Waals surface area contributed by atoms with Gasteiger partial charge in [-0.15, -0.1) is 0 Å². The number of fused-ring (bicyclic) bond motifs is 5. The molecule has 2 aliphatic carbocycles. The molecule has 5 rings (SSSR count). The third-order valence-corrected chi connectivity index (χ3v) is 12.1. The van der Waals surface area contributed by atoms with Crippen molar-refractivity contribution in [2.24, 2.45) is 23.7 Å². The average molecular weight is 674 g/mol. The van der Waals surface area contributed by atoms with Gasteiger partial charge < -0.3 is 5.32 Å². The summed E-state index contributed by atoms with van der Waals surface area (Å²) in [5.41, 5.74) is 2.14. The van der Waals surface area contributed by atoms with E-state index < -0.39 is 11.9 Å². The standard InChI is InChI=1S/C25H22Br3ClN2O3/c1-11-16(8-7-15(26)22(11)29)30-23(32)17(9-12-5-3-2-4-6-12)31-24(33)18-13-10-14(19(18)25(31)34)21(28)20(13)27/h2-8,13-14,17-21H,9-10H2,1H3,(H,30,32)/t13-,14-,17+,18-,19-,20-,21+/m0/s1. The Hall–Kier alpha value is -1.22. The SMILES string of the molecule is Cc1c(NC(=O)[C@@H](Cc2ccccc2)N2C(=O)[C@H]3[C@@H]4C[C@H]([C@@H](Br)[C@H]4Br)[C@@H]3C2=O)ccc(Br)c1Cl. The number of anilines is 1. The lowest BCUT2D eigenvalue weighted by Gasteiger charge is -2.28. The number of amides is 3. The van der Waals surface area contributed by atoms with E-state index in [1.807, 2.05) is 37.3 Å². The first kappa shape index (κ1) is 24.5. The van der Waals surface area contributed by atoms with Crippen LogP contribution in [0.4, 0.5) is 5.69 Å². The van der Waals surface area contributed by atoms with E-state index in [1.54, 1.807) is 12.1 Å². The summed E-state index contributed by atoms with van der Waals surface area (Å²) in [5, 5.41) is 3.43. The van der Waals surface area contributed by atoms with Crippen LogP contribution in [0, 0.1) is 30.6 Å². The average Bonchev–Trinajstić information content (AvgIpc) is 3.43. The molecule has 7 atom stereocenters. The van der Waals surface area contributed by atoms with Gasteiger partial charge in [0.25, 0.3) is 0 Å². The number of halogens is 4. The Morgan fingerprint density at radius 3 is 2.24 bits per heavy atom. The zero-order valence-corrected chi connectivity index (χ0v) is 23.7. The van der Waals surface area contributed by atoms with Gasteiger partial charge in [0.2, 0.25) is 17.7 Å². The lowest BCUT2D eigenvalue weighted by Crippen LogP contribution is -2.49. The van der Waals surface area contributed by atoms with Gasteiger partial charge in [0, 0.05) is 26.2 Å². The van der Waals surface area contributed by atoms with Crippen molar-refractivity contribution in [1.82, 2.24) is 4.90 Å². The summed E-state index contributed by atoms with van der Waals surface area (Å²) < 4.78 is 0.729. The van der Waals surface area contributed by atoms with Crippen molar-refractivity contribution >= 4 is 82.8 Å². The highest BCUT2D eigenvalue weighted by Gasteiger charge is 2.67. The number of carbonyl (C=O) groups excluding carboxylic acids is 3. The zero-order valence-electron chi connectivity index (χ0n) is 18.2. The fourth-order valence-corrected chi connectivity index (χ4v) is 8.29. The summed E-state index contributed by atoms with van der Waals surface area (Å²) in [6.07, 6.45) is 1.09. The van der Waals surface area contributed by atoms with E-state index in [0.717, 1.165) is 16.5 Å². The fraction of sp³-hybridized carbons (Fsp3) is 0.400. The van der Waals surface area contributed by atoms with Gasteiger partial charge in [-0.1, -0.05) is 73.8 Å². The highest BCUT2D eigenvalue weighted by atomic mass is 79.9. The molecule has 178 valence electrons. The number of imide groups is 1. The van der Waals surface area contributed by atoms with Gasteiger partial charge in [0.1, 0.15) is 6.04 Å². The summed E-state index contributed by atoms with van der Waals surface area (Å²) >= 11 is 17.2. The van der Waals surface area contributed by atoms with E-state index in [-0.39, 0.29) is 51.6 Å². The van der Waals surface area contributed by atoms with Gasteiger partial charge in [0.05, 0.1) is 16.9 Å². The molecule has 1 aliphatic heterocycles. The summed E-state index contributed by atoms with van der Waals surface area (Å²) in [4.78, 5) is 42.5. The third-order valence-electron chi connectivity index (χ3n) is 7.50. The predicted molar refractivity (Wildman–Crippen MR) is 142 cm³/mol. The van der Waals surface area contributed by atoms with Crippen molar-refractivity contribution in [1.29, 1.82) is 0 Å². The number of hydrogen-bond acceptors (Lipinski definition) is 3. The second kappa shape index (κ2) is 9.34. The number of nitrogens with one attached hydrogen (secondary N) is 1. The first-order valence-electron chi connectivity index (χ1n) is 11.1. The molecule has 1 heterocycles. The van der Waals surface area contributed by atoms with Crippen molar-refractivity contribution in [3.63, 3.8) is 0 Å². The maximum Gasteiger partial charge on any atom is 0.248 e. The van der Waals surface area contributed by atoms with Gasteiger partial charge in [-0.2, -0.15) is 0 Å². The molecular weight excluding hydrogens is 651 g/mol. The minimum Gasteiger partial charge on any atom is -0.324 e. The quantitative estimate of drug-likeness (QED) is 0.326. The molecule has 3 fully saturated rings. The van der Waals surface area contributed by atoms with Crippen LogP contribution >= 0.6 is 59.4 Å². The van der Waals surface area contributed by atoms with Crippen LogP contribution in [0.25, 0.3) is 0 Å². The van der Waals surface area contributed by atoms with Crippen molar-refractivity contribution < 1.29 is 14.4 Å². The molecule has 1 N–H and O–H groups in total. The van der Waals surface area contributed by atoms with Gasteiger partial charge in [0.15, 0.2) is 0 Å². The summed E-state index contributed by atoms with van der Waals surface area (Å²) in [6, 6.07) is 12.0. The Morgan fingerprint density at radius 2 is 1.65 bits per heavy atom. The Labute approximate surface area is 228 Å². The van der Waals surface area contributed by atoms with Crippen LogP contribution in [0.1, 0.15) is 17.5 Å². The molecule has 34 heavy (non-hydrogen) atoms. The number of benzene rings is 2. The van der Waals surface area contributed by atoms with Crippen molar-refractivity contribution in [2.45, 2.75) is 35.5 Å².